The van der Waals surface area contributed by atoms with Gasteiger partial charge in [0.15, 0.2) is 0 Å². The fraction of sp³-hybridized carbons (Fsp3) is 0.0217. The first-order valence-electron chi connectivity index (χ1n) is 17.0. The predicted molar refractivity (Wildman–Crippen MR) is 212 cm³/mol. The number of rotatable bonds is 4. The Morgan fingerprint density at radius 1 is 0.415 bits per heavy atom. The molecule has 0 fully saturated rings. The minimum absolute atomic E-state index is 0. The van der Waals surface area contributed by atoms with E-state index in [4.69, 9.17) is 29.8 Å². The first kappa shape index (κ1) is 34.9. The van der Waals surface area contributed by atoms with Gasteiger partial charge >= 0.3 is 17.4 Å². The van der Waals surface area contributed by atoms with E-state index in [-0.39, 0.29) is 17.4 Å². The molecule has 7 heteroatoms. The fourth-order valence-corrected chi connectivity index (χ4v) is 6.69. The molecule has 9 rings (SSSR count). The third kappa shape index (κ3) is 7.17. The molecular weight excluding hydrogens is 693 g/mol. The van der Waals surface area contributed by atoms with Crippen molar-refractivity contribution in [2.45, 2.75) is 6.92 Å². The van der Waals surface area contributed by atoms with Crippen LogP contribution in [0, 0.1) is 0 Å². The number of fused-ring (bicyclic) bond motifs is 8. The number of carbonyl (C=O) groups is 1. The van der Waals surface area contributed by atoms with E-state index in [1.54, 1.807) is 0 Å². The molecule has 0 unspecified atom stereocenters. The standard InChI is InChI=1S/C44H28N4.C2H4O2.Cr/c1-5-13-29(14-6-1)41-33-21-23-35(45-33)42(30-15-7-2-8-16-30)37-25-27-39(47-37)44(32-19-11-4-12-20-32)40-28-26-38(48-40)43(31-17-9-3-10-18-31)36-24-22-34(41)46-36;1-2(3)4;/h1-28H;1H3,(H,3,4);/q-2;;+2. The summed E-state index contributed by atoms with van der Waals surface area (Å²) in [6, 6.07) is 50.0. The van der Waals surface area contributed by atoms with Crippen LogP contribution in [-0.2, 0) is 22.2 Å². The molecule has 0 saturated heterocycles. The maximum Gasteiger partial charge on any atom is 2.00 e. The van der Waals surface area contributed by atoms with E-state index in [0.717, 1.165) is 96.3 Å². The quantitative estimate of drug-likeness (QED) is 0.194. The molecule has 53 heavy (non-hydrogen) atoms. The summed E-state index contributed by atoms with van der Waals surface area (Å²) in [7, 11) is 0. The van der Waals surface area contributed by atoms with Gasteiger partial charge in [0.25, 0.3) is 5.97 Å². The van der Waals surface area contributed by atoms with Crippen LogP contribution in [0.3, 0.4) is 0 Å². The maximum absolute atomic E-state index is 9.00. The summed E-state index contributed by atoms with van der Waals surface area (Å²) >= 11 is 0. The van der Waals surface area contributed by atoms with E-state index in [9.17, 15) is 0 Å². The summed E-state index contributed by atoms with van der Waals surface area (Å²) in [5.74, 6) is -0.833. The molecule has 0 atom stereocenters. The summed E-state index contributed by atoms with van der Waals surface area (Å²) < 4.78 is 0. The maximum atomic E-state index is 9.00. The Morgan fingerprint density at radius 3 is 0.830 bits per heavy atom. The zero-order valence-corrected chi connectivity index (χ0v) is 30.0. The van der Waals surface area contributed by atoms with Crippen LogP contribution in [0.5, 0.6) is 0 Å². The zero-order valence-electron chi connectivity index (χ0n) is 28.7. The zero-order chi connectivity index (χ0) is 35.4. The van der Waals surface area contributed by atoms with E-state index < -0.39 is 5.97 Å². The average molecular weight is 725 g/mol. The summed E-state index contributed by atoms with van der Waals surface area (Å²) in [6.07, 6.45) is 8.41. The van der Waals surface area contributed by atoms with Gasteiger partial charge in [-0.1, -0.05) is 146 Å². The van der Waals surface area contributed by atoms with Crippen LogP contribution >= 0.6 is 0 Å². The topological polar surface area (TPSA) is 91.3 Å². The third-order valence-electron chi connectivity index (χ3n) is 8.86. The molecule has 0 radical (unpaired) electrons. The van der Waals surface area contributed by atoms with Crippen LogP contribution in [0.2, 0.25) is 0 Å². The van der Waals surface area contributed by atoms with Crippen molar-refractivity contribution in [1.29, 1.82) is 0 Å². The van der Waals surface area contributed by atoms with Crippen LogP contribution in [0.4, 0.5) is 0 Å². The van der Waals surface area contributed by atoms with Crippen LogP contribution in [-0.4, -0.2) is 21.0 Å². The molecule has 6 nitrogen and oxygen atoms in total. The number of benzene rings is 4. The monoisotopic (exact) mass is 724 g/mol. The number of hydrogen-bond donors (Lipinski definition) is 1. The number of carboxylic acid groups (broad SMARTS) is 1. The van der Waals surface area contributed by atoms with Crippen molar-refractivity contribution in [1.82, 2.24) is 19.9 Å². The van der Waals surface area contributed by atoms with Crippen LogP contribution in [0.25, 0.3) is 90.9 Å². The smallest absolute Gasteiger partial charge is 0.657 e. The van der Waals surface area contributed by atoms with Crippen molar-refractivity contribution < 1.29 is 27.3 Å². The van der Waals surface area contributed by atoms with Crippen molar-refractivity contribution >= 4 is 52.3 Å². The first-order valence-corrected chi connectivity index (χ1v) is 17.0. The van der Waals surface area contributed by atoms with Gasteiger partial charge in [-0.05, 0) is 68.8 Å². The second kappa shape index (κ2) is 15.4. The predicted octanol–water partition coefficient (Wildman–Crippen LogP) is 10.7. The number of aromatic nitrogens is 4. The minimum Gasteiger partial charge on any atom is -0.657 e. The Hall–Kier alpha value is -6.52. The second-order valence-corrected chi connectivity index (χ2v) is 12.3. The summed E-state index contributed by atoms with van der Waals surface area (Å²) in [6.45, 7) is 1.08. The van der Waals surface area contributed by atoms with Gasteiger partial charge in [-0.2, -0.15) is 0 Å². The fourth-order valence-electron chi connectivity index (χ4n) is 6.69. The molecule has 2 aliphatic heterocycles. The molecule has 5 heterocycles. The molecule has 2 aliphatic rings. The van der Waals surface area contributed by atoms with Gasteiger partial charge in [0.1, 0.15) is 0 Å². The summed E-state index contributed by atoms with van der Waals surface area (Å²) in [5, 5.41) is 7.42. The van der Waals surface area contributed by atoms with Gasteiger partial charge < -0.3 is 15.1 Å². The van der Waals surface area contributed by atoms with E-state index in [1.807, 2.05) is 24.3 Å². The SMILES string of the molecule is C1=Cc2nc1c(-c1ccccc1)c1ccc([n-]1)c(-c1ccccc1)c1nc(c(-c3ccccc3)c3ccc([n-]3)c2-c2ccccc2)C=C1.CC(=O)O.[Cr+2]. The molecule has 1 N–H and O–H groups in total. The third-order valence-corrected chi connectivity index (χ3v) is 8.86. The molecule has 7 aromatic rings. The van der Waals surface area contributed by atoms with Crippen molar-refractivity contribution in [3.8, 4) is 44.5 Å². The van der Waals surface area contributed by atoms with Crippen LogP contribution in [0.1, 0.15) is 29.7 Å². The molecule has 0 amide bonds. The van der Waals surface area contributed by atoms with E-state index in [0.29, 0.717) is 0 Å². The molecule has 3 aromatic heterocycles. The Morgan fingerprint density at radius 2 is 0.623 bits per heavy atom. The van der Waals surface area contributed by atoms with Crippen molar-refractivity contribution in [2.24, 2.45) is 0 Å². The van der Waals surface area contributed by atoms with E-state index >= 15 is 0 Å². The molecule has 0 saturated carbocycles. The molecule has 0 aliphatic carbocycles. The second-order valence-electron chi connectivity index (χ2n) is 12.3. The molecule has 254 valence electrons. The minimum atomic E-state index is -0.833. The summed E-state index contributed by atoms with van der Waals surface area (Å²) in [4.78, 5) is 30.2. The number of hydrogen-bond acceptors (Lipinski definition) is 3. The van der Waals surface area contributed by atoms with Gasteiger partial charge in [-0.25, -0.2) is 9.97 Å². The average Bonchev–Trinajstić information content (AvgIpc) is 4.01. The summed E-state index contributed by atoms with van der Waals surface area (Å²) in [5.41, 5.74) is 15.0. The van der Waals surface area contributed by atoms with Crippen molar-refractivity contribution in [2.75, 3.05) is 0 Å². The molecule has 8 bridgehead atoms. The number of aliphatic carboxylic acids is 1. The Balaban J connectivity index is 0.000000831. The van der Waals surface area contributed by atoms with E-state index in [2.05, 4.69) is 146 Å². The Bertz CT molecular complexity index is 2290. The number of carboxylic acids is 1. The number of nitrogens with zero attached hydrogens (tertiary/aromatic N) is 4. The first-order chi connectivity index (χ1) is 25.5. The van der Waals surface area contributed by atoms with Crippen molar-refractivity contribution in [3.05, 3.63) is 168 Å². The van der Waals surface area contributed by atoms with E-state index in [1.165, 1.54) is 0 Å². The Labute approximate surface area is 318 Å². The van der Waals surface area contributed by atoms with Crippen LogP contribution in [0.15, 0.2) is 146 Å². The molecule has 0 spiro atoms. The van der Waals surface area contributed by atoms with Gasteiger partial charge in [-0.15, -0.1) is 22.1 Å². The normalized spacial score (nSPS) is 11.3. The van der Waals surface area contributed by atoms with Gasteiger partial charge in [0.2, 0.25) is 0 Å². The molecule has 4 aromatic carbocycles. The largest absolute Gasteiger partial charge is 2.00 e. The molecular formula is C46H32CrN4O2. The van der Waals surface area contributed by atoms with Gasteiger partial charge in [-0.3, -0.25) is 4.79 Å². The van der Waals surface area contributed by atoms with Crippen LogP contribution < -0.4 is 9.97 Å². The van der Waals surface area contributed by atoms with Gasteiger partial charge in [0.05, 0.1) is 22.8 Å². The van der Waals surface area contributed by atoms with Gasteiger partial charge in [0, 0.05) is 6.92 Å². The Kier molecular flexibility index (Phi) is 10.1. The van der Waals surface area contributed by atoms with Crippen molar-refractivity contribution in [3.63, 3.8) is 0 Å².